The molecule has 39 heavy (non-hydrogen) atoms. The van der Waals surface area contributed by atoms with Gasteiger partial charge in [0.2, 0.25) is 0 Å². The Morgan fingerprint density at radius 2 is 1.87 bits per heavy atom. The highest BCUT2D eigenvalue weighted by molar-refractivity contribution is 7.16. The topological polar surface area (TPSA) is 48.5 Å². The Labute approximate surface area is 240 Å². The first-order chi connectivity index (χ1) is 18.9. The molecule has 9 heteroatoms. The molecule has 2 amide bonds. The van der Waals surface area contributed by atoms with Crippen molar-refractivity contribution in [2.24, 2.45) is 0 Å². The molecule has 1 spiro atoms. The van der Waals surface area contributed by atoms with E-state index in [1.807, 2.05) is 28.6 Å². The van der Waals surface area contributed by atoms with Gasteiger partial charge < -0.3 is 5.32 Å². The predicted octanol–water partition coefficient (Wildman–Crippen LogP) is 7.52. The van der Waals surface area contributed by atoms with Crippen molar-refractivity contribution in [3.05, 3.63) is 98.7 Å². The number of amides is 2. The van der Waals surface area contributed by atoms with E-state index in [9.17, 15) is 9.18 Å². The molecule has 0 radical (unpaired) electrons. The average molecular weight is 582 g/mol. The molecule has 0 atom stereocenters. The van der Waals surface area contributed by atoms with Crippen molar-refractivity contribution in [2.45, 2.75) is 24.8 Å². The fourth-order valence-electron chi connectivity index (χ4n) is 5.72. The van der Waals surface area contributed by atoms with Gasteiger partial charge in [-0.3, -0.25) is 9.80 Å². The number of likely N-dealkylation sites (tertiary alicyclic amines) is 1. The minimum atomic E-state index is -0.288. The Kier molecular flexibility index (Phi) is 7.33. The highest BCUT2D eigenvalue weighted by Crippen LogP contribution is 2.50. The van der Waals surface area contributed by atoms with Crippen molar-refractivity contribution in [2.75, 3.05) is 31.1 Å². The van der Waals surface area contributed by atoms with Crippen molar-refractivity contribution in [1.29, 1.82) is 0 Å². The molecule has 5 nitrogen and oxygen atoms in total. The maximum atomic E-state index is 13.4. The monoisotopic (exact) mass is 580 g/mol. The van der Waals surface area contributed by atoms with Crippen LogP contribution in [0.3, 0.4) is 0 Å². The summed E-state index contributed by atoms with van der Waals surface area (Å²) >= 11 is 13.8. The fraction of sp³-hybridized carbons (Fsp3) is 0.267. The third kappa shape index (κ3) is 5.29. The van der Waals surface area contributed by atoms with Crippen LogP contribution in [-0.2, 0) is 12.0 Å². The average Bonchev–Trinajstić information content (AvgIpc) is 3.54. The lowest BCUT2D eigenvalue weighted by molar-refractivity contribution is 0.180. The summed E-state index contributed by atoms with van der Waals surface area (Å²) in [6.45, 7) is 3.66. The van der Waals surface area contributed by atoms with Gasteiger partial charge in [0.1, 0.15) is 5.82 Å². The van der Waals surface area contributed by atoms with Crippen molar-refractivity contribution < 1.29 is 9.18 Å². The van der Waals surface area contributed by atoms with Gasteiger partial charge in [-0.05, 0) is 73.5 Å². The number of piperidine rings is 1. The summed E-state index contributed by atoms with van der Waals surface area (Å²) < 4.78 is 14.4. The summed E-state index contributed by atoms with van der Waals surface area (Å²) in [4.78, 5) is 22.5. The number of nitrogens with zero attached hydrogens (tertiary/aromatic N) is 3. The second-order valence-corrected chi connectivity index (χ2v) is 11.9. The number of fused-ring (bicyclic) bond motifs is 4. The number of hydrogen-bond donors (Lipinski definition) is 1. The molecule has 3 heterocycles. The van der Waals surface area contributed by atoms with E-state index >= 15 is 0 Å². The number of carbonyl (C=O) groups excluding carboxylic acids is 1. The number of nitrogens with one attached hydrogen (secondary N) is 1. The third-order valence-corrected chi connectivity index (χ3v) is 9.33. The second-order valence-electron chi connectivity index (χ2n) is 10.2. The van der Waals surface area contributed by atoms with Gasteiger partial charge in [0, 0.05) is 30.6 Å². The molecular formula is C30H27Cl2FN4OS. The lowest BCUT2D eigenvalue weighted by atomic mass is 9.74. The Balaban J connectivity index is 1.17. The van der Waals surface area contributed by atoms with Crippen molar-refractivity contribution >= 4 is 62.5 Å². The number of halogens is 3. The Hall–Kier alpha value is -2.97. The van der Waals surface area contributed by atoms with E-state index in [2.05, 4.69) is 34.5 Å². The van der Waals surface area contributed by atoms with Crippen LogP contribution in [-0.4, -0.2) is 42.1 Å². The van der Waals surface area contributed by atoms with Gasteiger partial charge >= 0.3 is 6.03 Å². The molecule has 2 aliphatic heterocycles. The number of hydrogen-bond acceptors (Lipinski definition) is 4. The molecule has 0 saturated carbocycles. The molecule has 200 valence electrons. The Morgan fingerprint density at radius 1 is 1.08 bits per heavy atom. The molecule has 1 fully saturated rings. The number of aromatic nitrogens is 1. The number of benzene rings is 3. The van der Waals surface area contributed by atoms with Gasteiger partial charge in [-0.2, -0.15) is 0 Å². The van der Waals surface area contributed by atoms with Crippen molar-refractivity contribution in [3.8, 4) is 0 Å². The molecule has 1 aromatic heterocycles. The zero-order chi connectivity index (χ0) is 27.0. The molecule has 3 aromatic carbocycles. The van der Waals surface area contributed by atoms with E-state index in [4.69, 9.17) is 28.2 Å². The maximum Gasteiger partial charge on any atom is 0.322 e. The number of thiazole rings is 1. The number of rotatable bonds is 5. The van der Waals surface area contributed by atoms with Gasteiger partial charge in [-0.25, -0.2) is 14.2 Å². The van der Waals surface area contributed by atoms with Crippen LogP contribution in [0.1, 0.15) is 29.5 Å². The van der Waals surface area contributed by atoms with Crippen LogP contribution in [0.2, 0.25) is 10.0 Å². The highest BCUT2D eigenvalue weighted by Gasteiger charge is 2.47. The first-order valence-corrected chi connectivity index (χ1v) is 14.6. The van der Waals surface area contributed by atoms with Gasteiger partial charge in [-0.15, -0.1) is 11.3 Å². The summed E-state index contributed by atoms with van der Waals surface area (Å²) in [5.41, 5.74) is 6.78. The van der Waals surface area contributed by atoms with Crippen LogP contribution in [0.15, 0.2) is 66.2 Å². The lowest BCUT2D eigenvalue weighted by Crippen LogP contribution is -2.47. The molecule has 1 N–H and O–H groups in total. The highest BCUT2D eigenvalue weighted by atomic mass is 35.5. The smallest absolute Gasteiger partial charge is 0.322 e. The Bertz CT molecular complexity index is 1550. The van der Waals surface area contributed by atoms with Gasteiger partial charge in [-0.1, -0.05) is 53.6 Å². The summed E-state index contributed by atoms with van der Waals surface area (Å²) in [7, 11) is 0. The summed E-state index contributed by atoms with van der Waals surface area (Å²) in [5, 5.41) is 4.14. The standard InChI is InChI=1S/C30H27Cl2FN4OS/c31-23-8-5-20(16-24(23)32)2-1-13-36-14-11-30(12-15-36)18-37(25-9-10-26-28(27(25)30)35-19-39-26)29(38)34-17-21-3-6-22(33)7-4-21/h1-10,16,19H,11-15,17-18H2,(H,34,38). The van der Waals surface area contributed by atoms with E-state index in [1.54, 1.807) is 23.5 Å². The maximum absolute atomic E-state index is 13.4. The number of urea groups is 1. The van der Waals surface area contributed by atoms with Gasteiger partial charge in [0.15, 0.2) is 0 Å². The molecular weight excluding hydrogens is 554 g/mol. The van der Waals surface area contributed by atoms with E-state index in [-0.39, 0.29) is 17.3 Å². The quantitative estimate of drug-likeness (QED) is 0.265. The second kappa shape index (κ2) is 10.9. The van der Waals surface area contributed by atoms with Crippen LogP contribution < -0.4 is 10.2 Å². The van der Waals surface area contributed by atoms with Crippen molar-refractivity contribution in [3.63, 3.8) is 0 Å². The number of anilines is 1. The van der Waals surface area contributed by atoms with Gasteiger partial charge in [0.05, 0.1) is 31.5 Å². The molecule has 0 bridgehead atoms. The van der Waals surface area contributed by atoms with Crippen LogP contribution >= 0.6 is 34.5 Å². The predicted molar refractivity (Wildman–Crippen MR) is 158 cm³/mol. The SMILES string of the molecule is O=C(NCc1ccc(F)cc1)N1CC2(CCN(CC=Cc3ccc(Cl)c(Cl)c3)CC2)c2c1ccc1scnc21. The number of carbonyl (C=O) groups is 1. The minimum Gasteiger partial charge on any atom is -0.334 e. The fourth-order valence-corrected chi connectivity index (χ4v) is 6.71. The third-order valence-electron chi connectivity index (χ3n) is 7.80. The molecule has 6 rings (SSSR count). The minimum absolute atomic E-state index is 0.139. The largest absolute Gasteiger partial charge is 0.334 e. The summed E-state index contributed by atoms with van der Waals surface area (Å²) in [5.74, 6) is -0.288. The zero-order valence-corrected chi connectivity index (χ0v) is 23.5. The first-order valence-electron chi connectivity index (χ1n) is 12.9. The lowest BCUT2D eigenvalue weighted by Gasteiger charge is -2.39. The Morgan fingerprint density at radius 3 is 2.64 bits per heavy atom. The molecule has 2 aliphatic rings. The molecule has 1 saturated heterocycles. The van der Waals surface area contributed by atoms with E-state index in [0.29, 0.717) is 23.1 Å². The molecule has 4 aromatic rings. The van der Waals surface area contributed by atoms with Crippen molar-refractivity contribution in [1.82, 2.24) is 15.2 Å². The van der Waals surface area contributed by atoms with Crippen LogP contribution in [0, 0.1) is 5.82 Å². The van der Waals surface area contributed by atoms with Gasteiger partial charge in [0.25, 0.3) is 0 Å². The molecule has 0 unspecified atom stereocenters. The summed E-state index contributed by atoms with van der Waals surface area (Å²) in [6.07, 6.45) is 6.12. The van der Waals surface area contributed by atoms with Crippen LogP contribution in [0.4, 0.5) is 14.9 Å². The normalized spacial score (nSPS) is 16.8. The molecule has 0 aliphatic carbocycles. The summed E-state index contributed by atoms with van der Waals surface area (Å²) in [6, 6.07) is 15.8. The van der Waals surface area contributed by atoms with Crippen LogP contribution in [0.5, 0.6) is 0 Å². The first kappa shape index (κ1) is 26.3. The van der Waals surface area contributed by atoms with Crippen LogP contribution in [0.25, 0.3) is 16.3 Å². The van der Waals surface area contributed by atoms with E-state index in [0.717, 1.165) is 59.5 Å². The zero-order valence-electron chi connectivity index (χ0n) is 21.2. The van der Waals surface area contributed by atoms with E-state index < -0.39 is 0 Å². The van der Waals surface area contributed by atoms with E-state index in [1.165, 1.54) is 17.7 Å².